The Labute approximate surface area is 172 Å². The highest BCUT2D eigenvalue weighted by atomic mass is 32.2. The van der Waals surface area contributed by atoms with Gasteiger partial charge in [-0.2, -0.15) is 4.31 Å². The molecule has 1 aromatic rings. The van der Waals surface area contributed by atoms with E-state index in [1.165, 1.54) is 23.5 Å². The van der Waals surface area contributed by atoms with Gasteiger partial charge < -0.3 is 14.8 Å². The molecule has 162 valence electrons. The maximum absolute atomic E-state index is 13.0. The molecule has 1 aromatic carbocycles. The Hall–Kier alpha value is -2.13. The molecule has 0 unspecified atom stereocenters. The highest BCUT2D eigenvalue weighted by Crippen LogP contribution is 2.31. The van der Waals surface area contributed by atoms with Gasteiger partial charge in [-0.3, -0.25) is 9.59 Å². The second-order valence-corrected chi connectivity index (χ2v) is 10.2. The first kappa shape index (κ1) is 23.2. The van der Waals surface area contributed by atoms with Crippen LogP contribution in [0.5, 0.6) is 5.75 Å². The largest absolute Gasteiger partial charge is 0.495 e. The Balaban J connectivity index is 2.09. The highest BCUT2D eigenvalue weighted by Gasteiger charge is 2.29. The van der Waals surface area contributed by atoms with E-state index in [-0.39, 0.29) is 22.5 Å². The lowest BCUT2D eigenvalue weighted by molar-refractivity contribution is -0.149. The number of rotatable bonds is 7. The van der Waals surface area contributed by atoms with Crippen LogP contribution in [0.4, 0.5) is 5.69 Å². The molecule has 8 nitrogen and oxygen atoms in total. The summed E-state index contributed by atoms with van der Waals surface area (Å²) in [5, 5.41) is 2.57. The molecule has 29 heavy (non-hydrogen) atoms. The van der Waals surface area contributed by atoms with Crippen molar-refractivity contribution in [3.05, 3.63) is 18.2 Å². The number of benzene rings is 1. The Morgan fingerprint density at radius 1 is 1.14 bits per heavy atom. The minimum absolute atomic E-state index is 0.00410. The van der Waals surface area contributed by atoms with Gasteiger partial charge in [-0.15, -0.1) is 0 Å². The van der Waals surface area contributed by atoms with E-state index in [2.05, 4.69) is 5.32 Å². The minimum Gasteiger partial charge on any atom is -0.495 e. The Bertz CT molecular complexity index is 839. The maximum Gasteiger partial charge on any atom is 0.306 e. The number of hydrogen-bond donors (Lipinski definition) is 1. The number of carbonyl (C=O) groups excluding carboxylic acids is 2. The third kappa shape index (κ3) is 6.71. The van der Waals surface area contributed by atoms with Crippen molar-refractivity contribution in [1.29, 1.82) is 0 Å². The van der Waals surface area contributed by atoms with E-state index in [0.717, 1.165) is 19.3 Å². The molecule has 0 spiro atoms. The predicted octanol–water partition coefficient (Wildman–Crippen LogP) is 2.79. The summed E-state index contributed by atoms with van der Waals surface area (Å²) >= 11 is 0. The molecule has 0 aliphatic carbocycles. The molecular formula is C20H30N2O6S. The lowest BCUT2D eigenvalue weighted by Gasteiger charge is -2.26. The number of amides is 1. The van der Waals surface area contributed by atoms with Crippen molar-refractivity contribution in [2.45, 2.75) is 51.3 Å². The third-order valence-corrected chi connectivity index (χ3v) is 6.34. The van der Waals surface area contributed by atoms with Gasteiger partial charge in [-0.1, -0.05) is 27.2 Å². The Kier molecular flexibility index (Phi) is 7.65. The summed E-state index contributed by atoms with van der Waals surface area (Å²) in [5.74, 6) is -0.792. The fraction of sp³-hybridized carbons (Fsp3) is 0.600. The van der Waals surface area contributed by atoms with Crippen LogP contribution < -0.4 is 10.1 Å². The zero-order valence-corrected chi connectivity index (χ0v) is 18.3. The smallest absolute Gasteiger partial charge is 0.306 e. The van der Waals surface area contributed by atoms with E-state index >= 15 is 0 Å². The maximum atomic E-state index is 13.0. The van der Waals surface area contributed by atoms with Crippen LogP contribution in [0.2, 0.25) is 0 Å². The molecule has 1 amide bonds. The van der Waals surface area contributed by atoms with Crippen molar-refractivity contribution in [3.63, 3.8) is 0 Å². The minimum atomic E-state index is -3.74. The molecular weight excluding hydrogens is 396 g/mol. The van der Waals surface area contributed by atoms with E-state index in [9.17, 15) is 18.0 Å². The average Bonchev–Trinajstić information content (AvgIpc) is 2.65. The van der Waals surface area contributed by atoms with E-state index in [0.29, 0.717) is 18.8 Å². The van der Waals surface area contributed by atoms with Crippen molar-refractivity contribution < 1.29 is 27.5 Å². The van der Waals surface area contributed by atoms with E-state index in [1.807, 2.05) is 20.8 Å². The molecule has 0 radical (unpaired) electrons. The van der Waals surface area contributed by atoms with Gasteiger partial charge in [0.1, 0.15) is 10.6 Å². The Morgan fingerprint density at radius 2 is 1.79 bits per heavy atom. The number of hydrogen-bond acceptors (Lipinski definition) is 6. The lowest BCUT2D eigenvalue weighted by Crippen LogP contribution is -2.35. The van der Waals surface area contributed by atoms with E-state index in [4.69, 9.17) is 9.47 Å². The molecule has 0 aromatic heterocycles. The van der Waals surface area contributed by atoms with Crippen LogP contribution in [0.3, 0.4) is 0 Å². The second-order valence-electron chi connectivity index (χ2n) is 8.28. The zero-order chi connectivity index (χ0) is 21.7. The summed E-state index contributed by atoms with van der Waals surface area (Å²) in [6.07, 6.45) is 2.84. The first-order chi connectivity index (χ1) is 13.5. The monoisotopic (exact) mass is 426 g/mol. The summed E-state index contributed by atoms with van der Waals surface area (Å²) in [7, 11) is -2.34. The van der Waals surface area contributed by atoms with Gasteiger partial charge in [0.15, 0.2) is 6.61 Å². The van der Waals surface area contributed by atoms with Crippen LogP contribution >= 0.6 is 0 Å². The van der Waals surface area contributed by atoms with E-state index < -0.39 is 28.5 Å². The van der Waals surface area contributed by atoms with Crippen LogP contribution in [0, 0.1) is 5.41 Å². The van der Waals surface area contributed by atoms with Crippen LogP contribution in [-0.2, 0) is 24.3 Å². The summed E-state index contributed by atoms with van der Waals surface area (Å²) in [4.78, 5) is 23.9. The molecule has 1 N–H and O–H groups in total. The molecule has 0 saturated carbocycles. The second kappa shape index (κ2) is 9.58. The fourth-order valence-electron chi connectivity index (χ4n) is 3.03. The number of sulfonamides is 1. The number of nitrogens with one attached hydrogen (secondary N) is 1. The highest BCUT2D eigenvalue weighted by molar-refractivity contribution is 7.89. The van der Waals surface area contributed by atoms with Crippen LogP contribution in [-0.4, -0.2) is 51.4 Å². The van der Waals surface area contributed by atoms with Crippen LogP contribution in [0.15, 0.2) is 23.1 Å². The SMILES string of the molecule is COc1ccc(NC(=O)COC(=O)CC(C)(C)C)cc1S(=O)(=O)N1CCCCC1. The van der Waals surface area contributed by atoms with Gasteiger partial charge in [-0.05, 0) is 36.5 Å². The number of carbonyl (C=O) groups is 2. The molecule has 1 heterocycles. The number of nitrogens with zero attached hydrogens (tertiary/aromatic N) is 1. The van der Waals surface area contributed by atoms with Crippen molar-refractivity contribution in [2.24, 2.45) is 5.41 Å². The van der Waals surface area contributed by atoms with Crippen molar-refractivity contribution in [3.8, 4) is 5.75 Å². The number of anilines is 1. The standard InChI is InChI=1S/C20H30N2O6S/c1-20(2,3)13-19(24)28-14-18(23)21-15-8-9-16(27-4)17(12-15)29(25,26)22-10-6-5-7-11-22/h8-9,12H,5-7,10-11,13-14H2,1-4H3,(H,21,23). The van der Waals surface area contributed by atoms with Crippen LogP contribution in [0.25, 0.3) is 0 Å². The summed E-state index contributed by atoms with van der Waals surface area (Å²) in [5.41, 5.74) is 0.0552. The molecule has 9 heteroatoms. The molecule has 1 saturated heterocycles. The average molecular weight is 427 g/mol. The zero-order valence-electron chi connectivity index (χ0n) is 17.5. The lowest BCUT2D eigenvalue weighted by atomic mass is 9.92. The quantitative estimate of drug-likeness (QED) is 0.673. The summed E-state index contributed by atoms with van der Waals surface area (Å²) in [6.45, 7) is 6.19. The summed E-state index contributed by atoms with van der Waals surface area (Å²) < 4.78 is 37.7. The van der Waals surface area contributed by atoms with Gasteiger partial charge in [0.25, 0.3) is 5.91 Å². The predicted molar refractivity (Wildman–Crippen MR) is 109 cm³/mol. The fourth-order valence-corrected chi connectivity index (χ4v) is 4.73. The van der Waals surface area contributed by atoms with Gasteiger partial charge in [-0.25, -0.2) is 8.42 Å². The molecule has 2 rings (SSSR count). The molecule has 1 fully saturated rings. The van der Waals surface area contributed by atoms with Crippen LogP contribution in [0.1, 0.15) is 46.5 Å². The van der Waals surface area contributed by atoms with Gasteiger partial charge in [0.05, 0.1) is 13.5 Å². The number of ether oxygens (including phenoxy) is 2. The van der Waals surface area contributed by atoms with Gasteiger partial charge in [0.2, 0.25) is 10.0 Å². The van der Waals surface area contributed by atoms with Gasteiger partial charge >= 0.3 is 5.97 Å². The summed E-state index contributed by atoms with van der Waals surface area (Å²) in [6, 6.07) is 4.42. The molecule has 1 aliphatic heterocycles. The van der Waals surface area contributed by atoms with Crippen molar-refractivity contribution in [2.75, 3.05) is 32.1 Å². The first-order valence-electron chi connectivity index (χ1n) is 9.66. The van der Waals surface area contributed by atoms with Crippen molar-refractivity contribution >= 4 is 27.6 Å². The topological polar surface area (TPSA) is 102 Å². The molecule has 1 aliphatic rings. The number of methoxy groups -OCH3 is 1. The van der Waals surface area contributed by atoms with E-state index in [1.54, 1.807) is 6.07 Å². The van der Waals surface area contributed by atoms with Gasteiger partial charge in [0, 0.05) is 18.8 Å². The molecule has 0 bridgehead atoms. The molecule has 0 atom stereocenters. The van der Waals surface area contributed by atoms with Crippen molar-refractivity contribution in [1.82, 2.24) is 4.31 Å². The Morgan fingerprint density at radius 3 is 2.38 bits per heavy atom. The number of piperidine rings is 1. The third-order valence-electron chi connectivity index (χ3n) is 4.42. The first-order valence-corrected chi connectivity index (χ1v) is 11.1. The number of esters is 1. The normalized spacial score (nSPS) is 15.6.